The molecule has 2 aromatic rings. The minimum atomic E-state index is -3.98. The van der Waals surface area contributed by atoms with Crippen LogP contribution in [0.1, 0.15) is 37.7 Å². The Balaban J connectivity index is 1.80. The molecule has 2 aromatic carbocycles. The Bertz CT molecular complexity index is 1070. The normalized spacial score (nSPS) is 14.1. The van der Waals surface area contributed by atoms with Crippen molar-refractivity contribution in [2.24, 2.45) is 0 Å². The summed E-state index contributed by atoms with van der Waals surface area (Å²) in [7, 11) is -3.98. The SMILES string of the molecule is Cc1ccc(S(=O)(=O)N(CC(=O)NCCC2=CCCCC2)c2ccc(Cl)c(Cl)c2)cc1. The lowest BCUT2D eigenvalue weighted by atomic mass is 9.97. The van der Waals surface area contributed by atoms with Gasteiger partial charge in [-0.05, 0) is 69.4 Å². The zero-order valence-electron chi connectivity index (χ0n) is 17.4. The molecule has 0 aliphatic heterocycles. The summed E-state index contributed by atoms with van der Waals surface area (Å²) < 4.78 is 27.8. The van der Waals surface area contributed by atoms with Crippen LogP contribution in [0, 0.1) is 6.92 Å². The smallest absolute Gasteiger partial charge is 0.264 e. The highest BCUT2D eigenvalue weighted by Gasteiger charge is 2.27. The number of hydrogen-bond donors (Lipinski definition) is 1. The maximum absolute atomic E-state index is 13.4. The molecule has 0 bridgehead atoms. The first-order chi connectivity index (χ1) is 14.8. The molecule has 1 amide bonds. The molecule has 0 radical (unpaired) electrons. The van der Waals surface area contributed by atoms with Gasteiger partial charge in [0, 0.05) is 6.54 Å². The molecular formula is C23H26Cl2N2O3S. The number of benzene rings is 2. The number of nitrogens with zero attached hydrogens (tertiary/aromatic N) is 1. The number of sulfonamides is 1. The maximum atomic E-state index is 13.4. The standard InChI is InChI=1S/C23H26Cl2N2O3S/c1-17-7-10-20(11-8-17)31(29,30)27(19-9-12-21(24)22(25)15-19)16-23(28)26-14-13-18-5-3-2-4-6-18/h5,7-12,15H,2-4,6,13-14,16H2,1H3,(H,26,28). The van der Waals surface area contributed by atoms with Gasteiger partial charge >= 0.3 is 0 Å². The average molecular weight is 481 g/mol. The molecule has 0 aromatic heterocycles. The number of aryl methyl sites for hydroxylation is 1. The van der Waals surface area contributed by atoms with Crippen molar-refractivity contribution < 1.29 is 13.2 Å². The van der Waals surface area contributed by atoms with Crippen LogP contribution in [0.2, 0.25) is 10.0 Å². The van der Waals surface area contributed by atoms with E-state index in [0.29, 0.717) is 11.6 Å². The van der Waals surface area contributed by atoms with Gasteiger partial charge < -0.3 is 5.32 Å². The van der Waals surface area contributed by atoms with Crippen molar-refractivity contribution in [2.45, 2.75) is 43.9 Å². The Morgan fingerprint density at radius 3 is 2.45 bits per heavy atom. The van der Waals surface area contributed by atoms with Crippen LogP contribution in [0.15, 0.2) is 59.0 Å². The summed E-state index contributed by atoms with van der Waals surface area (Å²) in [4.78, 5) is 12.8. The molecule has 0 unspecified atom stereocenters. The van der Waals surface area contributed by atoms with Crippen molar-refractivity contribution in [2.75, 3.05) is 17.4 Å². The van der Waals surface area contributed by atoms with Gasteiger partial charge in [0.1, 0.15) is 6.54 Å². The second-order valence-corrected chi connectivity index (χ2v) is 10.3. The van der Waals surface area contributed by atoms with Gasteiger partial charge in [-0.25, -0.2) is 8.42 Å². The fourth-order valence-electron chi connectivity index (χ4n) is 3.47. The molecule has 5 nitrogen and oxygen atoms in total. The van der Waals surface area contributed by atoms with E-state index in [1.165, 1.54) is 42.7 Å². The van der Waals surface area contributed by atoms with Crippen molar-refractivity contribution in [3.63, 3.8) is 0 Å². The molecule has 3 rings (SSSR count). The average Bonchev–Trinajstić information content (AvgIpc) is 2.75. The lowest BCUT2D eigenvalue weighted by molar-refractivity contribution is -0.119. The number of amides is 1. The number of nitrogens with one attached hydrogen (secondary N) is 1. The molecule has 0 heterocycles. The molecule has 1 aliphatic rings. The van der Waals surface area contributed by atoms with Crippen molar-refractivity contribution >= 4 is 44.8 Å². The van der Waals surface area contributed by atoms with E-state index in [2.05, 4.69) is 11.4 Å². The van der Waals surface area contributed by atoms with Crippen LogP contribution in [0.4, 0.5) is 5.69 Å². The second-order valence-electron chi connectivity index (χ2n) is 7.63. The molecule has 1 N–H and O–H groups in total. The van der Waals surface area contributed by atoms with E-state index in [1.54, 1.807) is 18.2 Å². The van der Waals surface area contributed by atoms with Gasteiger partial charge in [-0.1, -0.05) is 52.5 Å². The van der Waals surface area contributed by atoms with Crippen molar-refractivity contribution in [1.29, 1.82) is 0 Å². The quantitative estimate of drug-likeness (QED) is 0.506. The molecule has 1 aliphatic carbocycles. The van der Waals surface area contributed by atoms with E-state index in [9.17, 15) is 13.2 Å². The number of hydrogen-bond acceptors (Lipinski definition) is 3. The largest absolute Gasteiger partial charge is 0.354 e. The van der Waals surface area contributed by atoms with Gasteiger partial charge in [-0.3, -0.25) is 9.10 Å². The minimum absolute atomic E-state index is 0.101. The van der Waals surface area contributed by atoms with Gasteiger partial charge in [0.25, 0.3) is 10.0 Å². The number of carbonyl (C=O) groups is 1. The third kappa shape index (κ3) is 6.25. The first kappa shape index (κ1) is 23.6. The Kier molecular flexibility index (Phi) is 8.03. The van der Waals surface area contributed by atoms with E-state index in [1.807, 2.05) is 6.92 Å². The van der Waals surface area contributed by atoms with Gasteiger partial charge in [-0.2, -0.15) is 0 Å². The van der Waals surface area contributed by atoms with Crippen LogP contribution in [-0.4, -0.2) is 27.4 Å². The first-order valence-electron chi connectivity index (χ1n) is 10.3. The topological polar surface area (TPSA) is 66.5 Å². The Hall–Kier alpha value is -2.02. The van der Waals surface area contributed by atoms with E-state index >= 15 is 0 Å². The molecule has 0 saturated heterocycles. The summed E-state index contributed by atoms with van der Waals surface area (Å²) in [6, 6.07) is 11.0. The fourth-order valence-corrected chi connectivity index (χ4v) is 5.18. The highest BCUT2D eigenvalue weighted by molar-refractivity contribution is 7.92. The number of allylic oxidation sites excluding steroid dienone is 1. The van der Waals surface area contributed by atoms with Crippen LogP contribution in [0.3, 0.4) is 0 Å². The maximum Gasteiger partial charge on any atom is 0.264 e. The van der Waals surface area contributed by atoms with Crippen molar-refractivity contribution in [3.8, 4) is 0 Å². The molecule has 0 fully saturated rings. The van der Waals surface area contributed by atoms with Crippen LogP contribution in [0.25, 0.3) is 0 Å². The van der Waals surface area contributed by atoms with Gasteiger partial charge in [0.2, 0.25) is 5.91 Å². The number of rotatable bonds is 8. The molecule has 8 heteroatoms. The summed E-state index contributed by atoms with van der Waals surface area (Å²) in [5, 5.41) is 3.37. The number of carbonyl (C=O) groups excluding carboxylic acids is 1. The monoisotopic (exact) mass is 480 g/mol. The van der Waals surface area contributed by atoms with Crippen LogP contribution >= 0.6 is 23.2 Å². The molecule has 0 atom stereocenters. The van der Waals surface area contributed by atoms with E-state index in [4.69, 9.17) is 23.2 Å². The predicted octanol–water partition coefficient (Wildman–Crippen LogP) is 5.50. The highest BCUT2D eigenvalue weighted by Crippen LogP contribution is 2.30. The van der Waals surface area contributed by atoms with Crippen LogP contribution in [-0.2, 0) is 14.8 Å². The van der Waals surface area contributed by atoms with E-state index in [0.717, 1.165) is 29.1 Å². The summed E-state index contributed by atoms with van der Waals surface area (Å²) in [5.41, 5.74) is 2.56. The molecule has 166 valence electrons. The lowest BCUT2D eigenvalue weighted by Crippen LogP contribution is -2.41. The third-order valence-corrected chi connectivity index (χ3v) is 7.77. The minimum Gasteiger partial charge on any atom is -0.354 e. The fraction of sp³-hybridized carbons (Fsp3) is 0.348. The predicted molar refractivity (Wildman–Crippen MR) is 126 cm³/mol. The van der Waals surface area contributed by atoms with Gasteiger partial charge in [0.05, 0.1) is 20.6 Å². The van der Waals surface area contributed by atoms with Crippen LogP contribution in [0.5, 0.6) is 0 Å². The van der Waals surface area contributed by atoms with E-state index in [-0.39, 0.29) is 28.1 Å². The highest BCUT2D eigenvalue weighted by atomic mass is 35.5. The summed E-state index contributed by atoms with van der Waals surface area (Å²) >= 11 is 12.1. The van der Waals surface area contributed by atoms with Gasteiger partial charge in [0.15, 0.2) is 0 Å². The summed E-state index contributed by atoms with van der Waals surface area (Å²) in [5.74, 6) is -0.377. The molecule has 0 spiro atoms. The Morgan fingerprint density at radius 2 is 1.81 bits per heavy atom. The Morgan fingerprint density at radius 1 is 1.06 bits per heavy atom. The zero-order chi connectivity index (χ0) is 22.4. The number of halogens is 2. The first-order valence-corrected chi connectivity index (χ1v) is 12.5. The molecule has 31 heavy (non-hydrogen) atoms. The summed E-state index contributed by atoms with van der Waals surface area (Å²) in [6.07, 6.45) is 7.56. The van der Waals surface area contributed by atoms with Crippen LogP contribution < -0.4 is 9.62 Å². The summed E-state index contributed by atoms with van der Waals surface area (Å²) in [6.45, 7) is 2.00. The van der Waals surface area contributed by atoms with Crippen molar-refractivity contribution in [3.05, 3.63) is 69.7 Å². The molecular weight excluding hydrogens is 455 g/mol. The van der Waals surface area contributed by atoms with Gasteiger partial charge in [-0.15, -0.1) is 0 Å². The Labute approximate surface area is 194 Å². The lowest BCUT2D eigenvalue weighted by Gasteiger charge is -2.24. The zero-order valence-corrected chi connectivity index (χ0v) is 19.7. The van der Waals surface area contributed by atoms with Crippen molar-refractivity contribution in [1.82, 2.24) is 5.32 Å². The second kappa shape index (κ2) is 10.5. The number of anilines is 1. The molecule has 0 saturated carbocycles. The third-order valence-electron chi connectivity index (χ3n) is 5.24. The van der Waals surface area contributed by atoms with E-state index < -0.39 is 10.0 Å².